The van der Waals surface area contributed by atoms with E-state index in [0.717, 1.165) is 38.1 Å². The maximum absolute atomic E-state index is 13.9. The van der Waals surface area contributed by atoms with Gasteiger partial charge in [-0.15, -0.1) is 0 Å². The quantitative estimate of drug-likeness (QED) is 0.0468. The molecule has 0 aromatic rings. The van der Waals surface area contributed by atoms with E-state index in [1.165, 1.54) is 218 Å². The predicted molar refractivity (Wildman–Crippen MR) is 219 cm³/mol. The Kier molecular flexibility index (Phi) is 33.3. The number of amidine groups is 1. The molecule has 288 valence electrons. The van der Waals surface area contributed by atoms with Crippen LogP contribution in [0.1, 0.15) is 265 Å². The molecule has 1 atom stereocenters. The molecule has 1 heterocycles. The number of rotatable bonds is 39. The molecular formula is C46H89N2O+. The van der Waals surface area contributed by atoms with Crippen molar-refractivity contribution in [2.24, 2.45) is 4.99 Å². The third kappa shape index (κ3) is 25.6. The van der Waals surface area contributed by atoms with Gasteiger partial charge in [-0.3, -0.25) is 0 Å². The first-order valence-electron chi connectivity index (χ1n) is 22.9. The van der Waals surface area contributed by atoms with Gasteiger partial charge in [-0.2, -0.15) is 4.48 Å². The van der Waals surface area contributed by atoms with Gasteiger partial charge in [-0.05, 0) is 25.7 Å². The molecule has 1 rings (SSSR count). The maximum atomic E-state index is 13.9. The average Bonchev–Trinajstić information content (AvgIpc) is 3.53. The molecule has 0 fully saturated rings. The average molecular weight is 686 g/mol. The Morgan fingerprint density at radius 2 is 0.735 bits per heavy atom. The van der Waals surface area contributed by atoms with E-state index in [4.69, 9.17) is 4.99 Å². The lowest BCUT2D eigenvalue weighted by molar-refractivity contribution is -0.708. The van der Waals surface area contributed by atoms with Gasteiger partial charge >= 0.3 is 5.91 Å². The number of quaternary nitrogens is 1. The van der Waals surface area contributed by atoms with Crippen LogP contribution in [-0.4, -0.2) is 22.8 Å². The molecule has 3 heteroatoms. The minimum atomic E-state index is 0.418. The molecule has 0 aromatic heterocycles. The van der Waals surface area contributed by atoms with Crippen LogP contribution in [0.5, 0.6) is 0 Å². The summed E-state index contributed by atoms with van der Waals surface area (Å²) in [7, 11) is 0. The molecule has 1 aliphatic rings. The minimum Gasteiger partial charge on any atom is -0.230 e. The molecule has 0 N–H and O–H groups in total. The highest BCUT2D eigenvalue weighted by atomic mass is 16.2. The van der Waals surface area contributed by atoms with Crippen LogP contribution in [-0.2, 0) is 4.79 Å². The van der Waals surface area contributed by atoms with Crippen LogP contribution in [0.2, 0.25) is 0 Å². The fraction of sp³-hybridized carbons (Fsp3) is 0.913. The molecule has 0 radical (unpaired) electrons. The van der Waals surface area contributed by atoms with Crippen molar-refractivity contribution in [2.45, 2.75) is 265 Å². The normalized spacial score (nSPS) is 15.8. The maximum Gasteiger partial charge on any atom is 0.324 e. The van der Waals surface area contributed by atoms with Gasteiger partial charge in [0.25, 0.3) is 0 Å². The van der Waals surface area contributed by atoms with Crippen molar-refractivity contribution in [2.75, 3.05) is 6.54 Å². The first-order valence-corrected chi connectivity index (χ1v) is 22.9. The predicted octanol–water partition coefficient (Wildman–Crippen LogP) is 16.1. The Hall–Kier alpha value is -0.960. The molecule has 1 amide bonds. The van der Waals surface area contributed by atoms with Crippen molar-refractivity contribution in [3.8, 4) is 0 Å². The van der Waals surface area contributed by atoms with Crippen molar-refractivity contribution in [1.29, 1.82) is 0 Å². The van der Waals surface area contributed by atoms with E-state index in [2.05, 4.69) is 27.0 Å². The van der Waals surface area contributed by atoms with Gasteiger partial charge in [-0.1, -0.05) is 226 Å². The summed E-state index contributed by atoms with van der Waals surface area (Å²) >= 11 is 0. The standard InChI is InChI=1S/C46H89N2O/c1-4-7-10-13-16-19-22-23-24-27-30-33-36-39-43-48(46(49)41-38-35-32-29-26-21-18-15-12-9-6-3)44-42-47-45(48)40-37-34-31-28-25-20-17-14-11-8-5-2/h42,44H,4-41,43H2,1-3H3/q+1. The summed E-state index contributed by atoms with van der Waals surface area (Å²) in [5, 5.41) is 0. The van der Waals surface area contributed by atoms with Gasteiger partial charge in [0, 0.05) is 6.42 Å². The second-order valence-corrected chi connectivity index (χ2v) is 16.0. The topological polar surface area (TPSA) is 29.4 Å². The van der Waals surface area contributed by atoms with Crippen LogP contribution in [0.25, 0.3) is 0 Å². The van der Waals surface area contributed by atoms with Gasteiger partial charge < -0.3 is 0 Å². The van der Waals surface area contributed by atoms with Crippen LogP contribution in [0, 0.1) is 0 Å². The lowest BCUT2D eigenvalue weighted by atomic mass is 10.0. The highest BCUT2D eigenvalue weighted by molar-refractivity contribution is 5.90. The van der Waals surface area contributed by atoms with Crippen LogP contribution in [0.4, 0.5) is 0 Å². The number of hydrogen-bond acceptors (Lipinski definition) is 2. The summed E-state index contributed by atoms with van der Waals surface area (Å²) in [6.07, 6.45) is 54.7. The highest BCUT2D eigenvalue weighted by Gasteiger charge is 2.41. The highest BCUT2D eigenvalue weighted by Crippen LogP contribution is 2.26. The molecular weight excluding hydrogens is 597 g/mol. The van der Waals surface area contributed by atoms with Crippen LogP contribution in [0.15, 0.2) is 17.4 Å². The zero-order valence-electron chi connectivity index (χ0n) is 34.0. The first kappa shape index (κ1) is 46.1. The third-order valence-electron chi connectivity index (χ3n) is 11.3. The van der Waals surface area contributed by atoms with Crippen molar-refractivity contribution in [1.82, 2.24) is 0 Å². The third-order valence-corrected chi connectivity index (χ3v) is 11.3. The van der Waals surface area contributed by atoms with E-state index in [1.54, 1.807) is 0 Å². The van der Waals surface area contributed by atoms with Crippen molar-refractivity contribution >= 4 is 11.7 Å². The molecule has 0 bridgehead atoms. The number of carbonyl (C=O) groups is 1. The summed E-state index contributed by atoms with van der Waals surface area (Å²) in [5.74, 6) is 1.57. The van der Waals surface area contributed by atoms with Crippen LogP contribution in [0.3, 0.4) is 0 Å². The number of unbranched alkanes of at least 4 members (excludes halogenated alkanes) is 33. The van der Waals surface area contributed by atoms with Gasteiger partial charge in [0.2, 0.25) is 5.84 Å². The number of carbonyl (C=O) groups excluding carboxylic acids is 1. The molecule has 49 heavy (non-hydrogen) atoms. The minimum absolute atomic E-state index is 0.418. The molecule has 0 saturated heterocycles. The van der Waals surface area contributed by atoms with Crippen molar-refractivity contribution in [3.63, 3.8) is 0 Å². The van der Waals surface area contributed by atoms with Crippen LogP contribution >= 0.6 is 0 Å². The number of nitrogens with zero attached hydrogens (tertiary/aromatic N) is 2. The second kappa shape index (κ2) is 35.4. The number of amides is 1. The number of aliphatic imine (C=N–C) groups is 1. The van der Waals surface area contributed by atoms with Crippen molar-refractivity contribution < 1.29 is 9.28 Å². The van der Waals surface area contributed by atoms with Crippen molar-refractivity contribution in [3.05, 3.63) is 12.4 Å². The van der Waals surface area contributed by atoms with E-state index < -0.39 is 0 Å². The smallest absolute Gasteiger partial charge is 0.230 e. The van der Waals surface area contributed by atoms with Gasteiger partial charge in [0.1, 0.15) is 6.20 Å². The monoisotopic (exact) mass is 686 g/mol. The molecule has 1 unspecified atom stereocenters. The Morgan fingerprint density at radius 3 is 1.10 bits per heavy atom. The summed E-state index contributed by atoms with van der Waals surface area (Å²) in [6.45, 7) is 7.82. The molecule has 3 nitrogen and oxygen atoms in total. The Morgan fingerprint density at radius 1 is 0.429 bits per heavy atom. The molecule has 0 saturated carbocycles. The Labute approximate surface area is 308 Å². The second-order valence-electron chi connectivity index (χ2n) is 16.0. The van der Waals surface area contributed by atoms with E-state index in [-0.39, 0.29) is 0 Å². The fourth-order valence-electron chi connectivity index (χ4n) is 7.88. The van der Waals surface area contributed by atoms with Gasteiger partial charge in [0.15, 0.2) is 0 Å². The van der Waals surface area contributed by atoms with Gasteiger partial charge in [-0.25, -0.2) is 9.79 Å². The summed E-state index contributed by atoms with van der Waals surface area (Å²) in [4.78, 5) is 18.8. The van der Waals surface area contributed by atoms with Gasteiger partial charge in [0.05, 0.1) is 19.2 Å². The molecule has 0 spiro atoms. The van der Waals surface area contributed by atoms with E-state index in [1.807, 2.05) is 6.20 Å². The lowest BCUT2D eigenvalue weighted by Crippen LogP contribution is -2.52. The largest absolute Gasteiger partial charge is 0.324 e. The zero-order valence-corrected chi connectivity index (χ0v) is 34.0. The molecule has 0 aromatic carbocycles. The Bertz CT molecular complexity index is 773. The lowest BCUT2D eigenvalue weighted by Gasteiger charge is -2.30. The first-order chi connectivity index (χ1) is 24.2. The summed E-state index contributed by atoms with van der Waals surface area (Å²) in [5.41, 5.74) is 0. The number of hydrogen-bond donors (Lipinski definition) is 0. The van der Waals surface area contributed by atoms with Crippen LogP contribution < -0.4 is 0 Å². The van der Waals surface area contributed by atoms with E-state index in [9.17, 15) is 4.79 Å². The fourth-order valence-corrected chi connectivity index (χ4v) is 7.88. The zero-order chi connectivity index (χ0) is 35.4. The molecule has 0 aliphatic carbocycles. The van der Waals surface area contributed by atoms with E-state index >= 15 is 0 Å². The summed E-state index contributed by atoms with van der Waals surface area (Å²) in [6, 6.07) is 0. The Balaban J connectivity index is 2.38. The SMILES string of the molecule is CCCCCCCCCCCCCCCC[N+]1(C(=O)CCCCCCCCCCCCC)C=CN=C1CCCCCCCCCCCCC. The molecule has 1 aliphatic heterocycles. The van der Waals surface area contributed by atoms with E-state index in [0.29, 0.717) is 10.4 Å². The summed E-state index contributed by atoms with van der Waals surface area (Å²) < 4.78 is 0.452.